The Kier molecular flexibility index (Phi) is 4.68. The van der Waals surface area contributed by atoms with E-state index in [9.17, 15) is 4.79 Å². The lowest BCUT2D eigenvalue weighted by Gasteiger charge is -2.37. The van der Waals surface area contributed by atoms with Crippen LogP contribution in [0.4, 0.5) is 4.79 Å². The second-order valence-electron chi connectivity index (χ2n) is 7.67. The van der Waals surface area contributed by atoms with E-state index in [0.29, 0.717) is 0 Å². The predicted molar refractivity (Wildman–Crippen MR) is 98.9 cm³/mol. The monoisotopic (exact) mass is 327 g/mol. The zero-order valence-corrected chi connectivity index (χ0v) is 15.1. The minimum Gasteiger partial charge on any atom is -0.329 e. The van der Waals surface area contributed by atoms with Gasteiger partial charge >= 0.3 is 6.03 Å². The van der Waals surface area contributed by atoms with E-state index in [-0.39, 0.29) is 6.03 Å². The lowest BCUT2D eigenvalue weighted by atomic mass is 9.92. The van der Waals surface area contributed by atoms with Crippen LogP contribution in [0, 0.1) is 0 Å². The number of benzene rings is 1. The van der Waals surface area contributed by atoms with Crippen molar-refractivity contribution in [1.29, 1.82) is 0 Å². The van der Waals surface area contributed by atoms with Crippen LogP contribution in [0.15, 0.2) is 30.8 Å². The third-order valence-electron chi connectivity index (χ3n) is 5.16. The van der Waals surface area contributed by atoms with Gasteiger partial charge in [-0.05, 0) is 50.8 Å². The summed E-state index contributed by atoms with van der Waals surface area (Å²) in [6, 6.07) is 9.10. The molecule has 0 spiro atoms. The Balaban J connectivity index is 1.62. The number of rotatable bonds is 4. The summed E-state index contributed by atoms with van der Waals surface area (Å²) < 4.78 is 0. The third-order valence-corrected chi connectivity index (χ3v) is 5.16. The van der Waals surface area contributed by atoms with E-state index in [1.165, 1.54) is 12.8 Å². The SMILES string of the molecule is C=C(C)c1cccc(C(C)(C)NC(=O)N2CCN(C3CC3)CC2)c1. The summed E-state index contributed by atoms with van der Waals surface area (Å²) >= 11 is 0. The van der Waals surface area contributed by atoms with E-state index in [4.69, 9.17) is 0 Å². The number of nitrogens with one attached hydrogen (secondary N) is 1. The smallest absolute Gasteiger partial charge is 0.318 e. The molecule has 130 valence electrons. The van der Waals surface area contributed by atoms with Crippen molar-refractivity contribution in [3.8, 4) is 0 Å². The van der Waals surface area contributed by atoms with Gasteiger partial charge in [-0.1, -0.05) is 30.4 Å². The molecule has 1 aliphatic carbocycles. The summed E-state index contributed by atoms with van der Waals surface area (Å²) in [5.41, 5.74) is 2.85. The molecule has 1 heterocycles. The van der Waals surface area contributed by atoms with Crippen LogP contribution in [0.3, 0.4) is 0 Å². The van der Waals surface area contributed by atoms with Crippen molar-refractivity contribution in [3.63, 3.8) is 0 Å². The lowest BCUT2D eigenvalue weighted by molar-refractivity contribution is 0.129. The van der Waals surface area contributed by atoms with Gasteiger partial charge < -0.3 is 10.2 Å². The Labute approximate surface area is 145 Å². The first-order valence-electron chi connectivity index (χ1n) is 8.94. The lowest BCUT2D eigenvalue weighted by Crippen LogP contribution is -2.55. The molecule has 2 amide bonds. The predicted octanol–water partition coefficient (Wildman–Crippen LogP) is 3.44. The summed E-state index contributed by atoms with van der Waals surface area (Å²) in [6.45, 7) is 13.8. The highest BCUT2D eigenvalue weighted by Gasteiger charge is 2.33. The van der Waals surface area contributed by atoms with Crippen LogP contribution >= 0.6 is 0 Å². The maximum atomic E-state index is 12.7. The molecule has 24 heavy (non-hydrogen) atoms. The summed E-state index contributed by atoms with van der Waals surface area (Å²) in [6.07, 6.45) is 2.66. The van der Waals surface area contributed by atoms with Crippen molar-refractivity contribution in [1.82, 2.24) is 15.1 Å². The maximum absolute atomic E-state index is 12.7. The number of hydrogen-bond acceptors (Lipinski definition) is 2. The first-order valence-corrected chi connectivity index (χ1v) is 8.94. The van der Waals surface area contributed by atoms with Crippen LogP contribution in [-0.4, -0.2) is 48.1 Å². The highest BCUT2D eigenvalue weighted by Crippen LogP contribution is 2.28. The number of allylic oxidation sites excluding steroid dienone is 1. The molecule has 1 aromatic carbocycles. The molecule has 3 rings (SSSR count). The summed E-state index contributed by atoms with van der Waals surface area (Å²) in [5.74, 6) is 0. The van der Waals surface area contributed by atoms with Crippen LogP contribution in [0.2, 0.25) is 0 Å². The van der Waals surface area contributed by atoms with Gasteiger partial charge in [-0.25, -0.2) is 4.79 Å². The van der Waals surface area contributed by atoms with Crippen molar-refractivity contribution < 1.29 is 4.79 Å². The molecule has 0 unspecified atom stereocenters. The van der Waals surface area contributed by atoms with Gasteiger partial charge in [0.1, 0.15) is 0 Å². The van der Waals surface area contributed by atoms with E-state index >= 15 is 0 Å². The Morgan fingerprint density at radius 3 is 2.46 bits per heavy atom. The number of urea groups is 1. The van der Waals surface area contributed by atoms with Crippen molar-refractivity contribution in [2.24, 2.45) is 0 Å². The fourth-order valence-corrected chi connectivity index (χ4v) is 3.32. The third kappa shape index (κ3) is 3.81. The van der Waals surface area contributed by atoms with Gasteiger partial charge in [0.25, 0.3) is 0 Å². The Bertz CT molecular complexity index is 626. The van der Waals surface area contributed by atoms with Crippen LogP contribution < -0.4 is 5.32 Å². The zero-order chi connectivity index (χ0) is 17.3. The maximum Gasteiger partial charge on any atom is 0.318 e. The number of piperazine rings is 1. The molecule has 4 nitrogen and oxygen atoms in total. The van der Waals surface area contributed by atoms with Crippen LogP contribution in [0.1, 0.15) is 44.7 Å². The normalized spacial score (nSPS) is 19.2. The summed E-state index contributed by atoms with van der Waals surface area (Å²) in [7, 11) is 0. The second-order valence-corrected chi connectivity index (χ2v) is 7.67. The fraction of sp³-hybridized carbons (Fsp3) is 0.550. The van der Waals surface area contributed by atoms with Crippen LogP contribution in [0.5, 0.6) is 0 Å². The van der Waals surface area contributed by atoms with Gasteiger partial charge in [-0.15, -0.1) is 0 Å². The average Bonchev–Trinajstić information content (AvgIpc) is 3.39. The first kappa shape index (κ1) is 17.0. The molecule has 0 bridgehead atoms. The van der Waals surface area contributed by atoms with Crippen LogP contribution in [-0.2, 0) is 5.54 Å². The highest BCUT2D eigenvalue weighted by atomic mass is 16.2. The average molecular weight is 327 g/mol. The van der Waals surface area contributed by atoms with E-state index in [1.807, 2.05) is 17.9 Å². The first-order chi connectivity index (χ1) is 11.4. The molecule has 1 saturated carbocycles. The van der Waals surface area contributed by atoms with E-state index in [0.717, 1.165) is 48.9 Å². The second kappa shape index (κ2) is 6.60. The van der Waals surface area contributed by atoms with Gasteiger partial charge in [-0.3, -0.25) is 4.90 Å². The molecule has 1 aliphatic heterocycles. The number of carbonyl (C=O) groups is 1. The molecule has 2 aliphatic rings. The largest absolute Gasteiger partial charge is 0.329 e. The minimum atomic E-state index is -0.407. The molecule has 1 N–H and O–H groups in total. The Morgan fingerprint density at radius 2 is 1.88 bits per heavy atom. The van der Waals surface area contributed by atoms with Crippen molar-refractivity contribution >= 4 is 11.6 Å². The highest BCUT2D eigenvalue weighted by molar-refractivity contribution is 5.75. The number of hydrogen-bond donors (Lipinski definition) is 1. The molecule has 4 heteroatoms. The van der Waals surface area contributed by atoms with Crippen molar-refractivity contribution in [3.05, 3.63) is 42.0 Å². The van der Waals surface area contributed by atoms with Crippen molar-refractivity contribution in [2.45, 2.75) is 45.2 Å². The molecule has 0 aromatic heterocycles. The number of carbonyl (C=O) groups excluding carboxylic acids is 1. The summed E-state index contributed by atoms with van der Waals surface area (Å²) in [4.78, 5) is 17.1. The topological polar surface area (TPSA) is 35.6 Å². The van der Waals surface area contributed by atoms with Crippen molar-refractivity contribution in [2.75, 3.05) is 26.2 Å². The minimum absolute atomic E-state index is 0.0381. The molecule has 1 saturated heterocycles. The Hall–Kier alpha value is -1.81. The van der Waals surface area contributed by atoms with Gasteiger partial charge in [0.15, 0.2) is 0 Å². The zero-order valence-electron chi connectivity index (χ0n) is 15.1. The van der Waals surface area contributed by atoms with Crippen LogP contribution in [0.25, 0.3) is 5.57 Å². The van der Waals surface area contributed by atoms with Gasteiger partial charge in [-0.2, -0.15) is 0 Å². The quantitative estimate of drug-likeness (QED) is 0.919. The van der Waals surface area contributed by atoms with Gasteiger partial charge in [0, 0.05) is 32.2 Å². The van der Waals surface area contributed by atoms with Gasteiger partial charge in [0.05, 0.1) is 5.54 Å². The molecule has 0 radical (unpaired) electrons. The molecule has 0 atom stereocenters. The Morgan fingerprint density at radius 1 is 1.21 bits per heavy atom. The number of amides is 2. The molecule has 2 fully saturated rings. The standard InChI is InChI=1S/C20H29N3O/c1-15(2)16-6-5-7-17(14-16)20(3,4)21-19(24)23-12-10-22(11-13-23)18-8-9-18/h5-7,14,18H,1,8-13H2,2-4H3,(H,21,24). The molecular weight excluding hydrogens is 298 g/mol. The number of nitrogens with zero attached hydrogens (tertiary/aromatic N) is 2. The van der Waals surface area contributed by atoms with E-state index in [1.54, 1.807) is 0 Å². The van der Waals surface area contributed by atoms with E-state index < -0.39 is 5.54 Å². The fourth-order valence-electron chi connectivity index (χ4n) is 3.32. The molecule has 1 aromatic rings. The van der Waals surface area contributed by atoms with E-state index in [2.05, 4.69) is 48.8 Å². The molecular formula is C20H29N3O. The summed E-state index contributed by atoms with van der Waals surface area (Å²) in [5, 5.41) is 3.21. The van der Waals surface area contributed by atoms with Gasteiger partial charge in [0.2, 0.25) is 0 Å².